The number of carbonyl (C=O) groups is 3. The summed E-state index contributed by atoms with van der Waals surface area (Å²) in [5, 5.41) is 7.99. The predicted molar refractivity (Wildman–Crippen MR) is 157 cm³/mol. The van der Waals surface area contributed by atoms with Crippen molar-refractivity contribution in [3.63, 3.8) is 0 Å². The number of carbonyl (C=O) groups excluding carboxylic acids is 3. The number of aldehydes is 1. The van der Waals surface area contributed by atoms with Gasteiger partial charge in [-0.1, -0.05) is 30.2 Å². The Labute approximate surface area is 241 Å². The van der Waals surface area contributed by atoms with Crippen molar-refractivity contribution >= 4 is 72.0 Å². The van der Waals surface area contributed by atoms with Crippen molar-refractivity contribution < 1.29 is 22.8 Å². The van der Waals surface area contributed by atoms with Gasteiger partial charge in [-0.3, -0.25) is 14.3 Å². The number of unbranched alkanes of at least 4 members (excludes halogenated alkanes) is 4. The van der Waals surface area contributed by atoms with E-state index in [4.69, 9.17) is 0 Å². The zero-order valence-electron chi connectivity index (χ0n) is 22.1. The maximum Gasteiger partial charge on any atom is 0.271 e. The van der Waals surface area contributed by atoms with E-state index >= 15 is 0 Å². The monoisotopic (exact) mass is 606 g/mol. The Hall–Kier alpha value is -2.94. The van der Waals surface area contributed by atoms with Crippen LogP contribution in [0.5, 0.6) is 0 Å². The molecular formula is C26H34N6O5S3. The molecular weight excluding hydrogens is 573 g/mol. The van der Waals surface area contributed by atoms with Crippen LogP contribution in [0.4, 0.5) is 10.8 Å². The van der Waals surface area contributed by atoms with Crippen molar-refractivity contribution in [1.29, 1.82) is 0 Å². The summed E-state index contributed by atoms with van der Waals surface area (Å²) >= 11 is 2.38. The third-order valence-corrected chi connectivity index (χ3v) is 10.4. The summed E-state index contributed by atoms with van der Waals surface area (Å²) in [5.74, 6) is -0.154. The fourth-order valence-corrected chi connectivity index (χ4v) is 7.38. The molecule has 3 N–H and O–H groups in total. The summed E-state index contributed by atoms with van der Waals surface area (Å²) < 4.78 is 28.4. The van der Waals surface area contributed by atoms with E-state index < -0.39 is 10.0 Å². The number of sulfonamides is 1. The van der Waals surface area contributed by atoms with Crippen LogP contribution in [0.2, 0.25) is 0 Å². The molecule has 0 atom stereocenters. The number of rotatable bonds is 15. The number of pyridine rings is 1. The largest absolute Gasteiger partial charge is 0.355 e. The molecule has 3 aromatic heterocycles. The molecule has 11 nitrogen and oxygen atoms in total. The molecule has 40 heavy (non-hydrogen) atoms. The third-order valence-electron chi connectivity index (χ3n) is 6.67. The van der Waals surface area contributed by atoms with Crippen LogP contribution in [0.25, 0.3) is 10.3 Å². The molecule has 2 amide bonds. The molecule has 14 heteroatoms. The van der Waals surface area contributed by atoms with Crippen molar-refractivity contribution in [3.05, 3.63) is 29.8 Å². The maximum absolute atomic E-state index is 12.9. The number of fused-ring (bicyclic) bond motifs is 1. The number of piperidine rings is 1. The molecule has 1 saturated heterocycles. The highest BCUT2D eigenvalue weighted by molar-refractivity contribution is 7.94. The van der Waals surface area contributed by atoms with Crippen molar-refractivity contribution in [2.45, 2.75) is 55.6 Å². The Balaban J connectivity index is 1.17. The molecule has 0 bridgehead atoms. The van der Waals surface area contributed by atoms with Crippen LogP contribution >= 0.6 is 22.7 Å². The van der Waals surface area contributed by atoms with E-state index in [2.05, 4.69) is 30.2 Å². The topological polar surface area (TPSA) is 150 Å². The van der Waals surface area contributed by atoms with Crippen molar-refractivity contribution in [2.24, 2.45) is 5.92 Å². The standard InChI is InChI=1S/C26H34N6O5S3/c33-15-5-3-1-2-4-7-22(34)27-11-14-32-12-9-19(10-13-32)25(35)30-26-29-24-21(39-26)17-20(18-28-24)31-40(36,37)23-8-6-16-38-23/h6,8,15-19,31H,1-5,7,9-14H2,(H,27,34)(H,28,29,30,35). The predicted octanol–water partition coefficient (Wildman–Crippen LogP) is 3.86. The number of likely N-dealkylation sites (tertiary alicyclic amines) is 1. The summed E-state index contributed by atoms with van der Waals surface area (Å²) in [6.07, 6.45) is 8.56. The highest BCUT2D eigenvalue weighted by atomic mass is 32.2. The van der Waals surface area contributed by atoms with Gasteiger partial charge in [-0.05, 0) is 56.3 Å². The number of thiazole rings is 1. The van der Waals surface area contributed by atoms with Crippen LogP contribution in [-0.2, 0) is 24.4 Å². The van der Waals surface area contributed by atoms with Crippen molar-refractivity contribution in [2.75, 3.05) is 36.2 Å². The van der Waals surface area contributed by atoms with Gasteiger partial charge in [-0.15, -0.1) is 11.3 Å². The molecule has 1 aliphatic rings. The average Bonchev–Trinajstić information content (AvgIpc) is 3.61. The second-order valence-electron chi connectivity index (χ2n) is 9.68. The summed E-state index contributed by atoms with van der Waals surface area (Å²) in [6.45, 7) is 2.90. The van der Waals surface area contributed by atoms with Gasteiger partial charge in [-0.25, -0.2) is 13.4 Å². The zero-order chi connectivity index (χ0) is 28.4. The molecule has 0 aromatic carbocycles. The van der Waals surface area contributed by atoms with Gasteiger partial charge >= 0.3 is 0 Å². The minimum absolute atomic E-state index is 0.0574. The Morgan fingerprint density at radius 2 is 1.95 bits per heavy atom. The first-order valence-electron chi connectivity index (χ1n) is 13.4. The molecule has 3 aromatic rings. The highest BCUT2D eigenvalue weighted by Crippen LogP contribution is 2.29. The van der Waals surface area contributed by atoms with E-state index in [1.807, 2.05) is 0 Å². The SMILES string of the molecule is O=CCCCCCCC(=O)NCCN1CCC(C(=O)Nc2nc3ncc(NS(=O)(=O)c4cccs4)cc3s2)CC1. The number of aromatic nitrogens is 2. The van der Waals surface area contributed by atoms with Crippen LogP contribution in [0.1, 0.15) is 51.4 Å². The number of hydrogen-bond acceptors (Lipinski definition) is 10. The first-order valence-corrected chi connectivity index (χ1v) is 16.6. The smallest absolute Gasteiger partial charge is 0.271 e. The van der Waals surface area contributed by atoms with Crippen LogP contribution in [-0.4, -0.2) is 67.6 Å². The van der Waals surface area contributed by atoms with E-state index in [0.29, 0.717) is 40.6 Å². The minimum atomic E-state index is -3.68. The lowest BCUT2D eigenvalue weighted by Gasteiger charge is -2.31. The van der Waals surface area contributed by atoms with Gasteiger partial charge in [0.05, 0.1) is 16.6 Å². The van der Waals surface area contributed by atoms with Crippen LogP contribution < -0.4 is 15.4 Å². The van der Waals surface area contributed by atoms with Gasteiger partial charge in [0.1, 0.15) is 10.5 Å². The minimum Gasteiger partial charge on any atom is -0.355 e. The van der Waals surface area contributed by atoms with Crippen LogP contribution in [0, 0.1) is 5.92 Å². The van der Waals surface area contributed by atoms with Gasteiger partial charge in [0, 0.05) is 31.8 Å². The number of nitrogens with zero attached hydrogens (tertiary/aromatic N) is 3. The molecule has 0 saturated carbocycles. The maximum atomic E-state index is 12.9. The Bertz CT molecular complexity index is 1380. The number of nitrogens with one attached hydrogen (secondary N) is 3. The molecule has 4 heterocycles. The van der Waals surface area contributed by atoms with Gasteiger partial charge in [0.25, 0.3) is 10.0 Å². The Morgan fingerprint density at radius 1 is 1.15 bits per heavy atom. The fraction of sp³-hybridized carbons (Fsp3) is 0.500. The lowest BCUT2D eigenvalue weighted by molar-refractivity contribution is -0.121. The van der Waals surface area contributed by atoms with Crippen molar-refractivity contribution in [1.82, 2.24) is 20.2 Å². The molecule has 4 rings (SSSR count). The number of amides is 2. The molecule has 0 unspecified atom stereocenters. The lowest BCUT2D eigenvalue weighted by Crippen LogP contribution is -2.41. The van der Waals surface area contributed by atoms with E-state index in [9.17, 15) is 22.8 Å². The van der Waals surface area contributed by atoms with Gasteiger partial charge in [0.2, 0.25) is 11.8 Å². The zero-order valence-corrected chi connectivity index (χ0v) is 24.6. The van der Waals surface area contributed by atoms with Crippen LogP contribution in [0.3, 0.4) is 0 Å². The van der Waals surface area contributed by atoms with Crippen molar-refractivity contribution in [3.8, 4) is 0 Å². The normalized spacial score (nSPS) is 14.7. The van der Waals surface area contributed by atoms with E-state index in [1.54, 1.807) is 17.5 Å². The summed E-state index contributed by atoms with van der Waals surface area (Å²) in [4.78, 5) is 46.1. The van der Waals surface area contributed by atoms with Gasteiger partial charge < -0.3 is 20.3 Å². The second kappa shape index (κ2) is 14.6. The molecule has 0 spiro atoms. The number of hydrogen-bond donors (Lipinski definition) is 3. The highest BCUT2D eigenvalue weighted by Gasteiger charge is 2.26. The fourth-order valence-electron chi connectivity index (χ4n) is 4.49. The first kappa shape index (κ1) is 30.0. The third kappa shape index (κ3) is 8.78. The lowest BCUT2D eigenvalue weighted by atomic mass is 9.96. The second-order valence-corrected chi connectivity index (χ2v) is 13.6. The molecule has 1 aliphatic heterocycles. The Morgan fingerprint density at radius 3 is 2.70 bits per heavy atom. The average molecular weight is 607 g/mol. The van der Waals surface area contributed by atoms with E-state index in [-0.39, 0.29) is 21.9 Å². The van der Waals surface area contributed by atoms with Gasteiger partial charge in [-0.2, -0.15) is 4.98 Å². The Kier molecular flexibility index (Phi) is 11.0. The summed E-state index contributed by atoms with van der Waals surface area (Å²) in [7, 11) is -3.68. The number of thiophene rings is 1. The van der Waals surface area contributed by atoms with Gasteiger partial charge in [0.15, 0.2) is 10.8 Å². The van der Waals surface area contributed by atoms with E-state index in [1.165, 1.54) is 23.6 Å². The first-order chi connectivity index (χ1) is 19.3. The number of anilines is 2. The molecule has 216 valence electrons. The molecule has 0 radical (unpaired) electrons. The summed E-state index contributed by atoms with van der Waals surface area (Å²) in [6, 6.07) is 4.87. The summed E-state index contributed by atoms with van der Waals surface area (Å²) in [5.41, 5.74) is 0.770. The van der Waals surface area contributed by atoms with Crippen LogP contribution in [0.15, 0.2) is 34.0 Å². The van der Waals surface area contributed by atoms with E-state index in [0.717, 1.165) is 75.8 Å². The molecule has 0 aliphatic carbocycles. The quantitative estimate of drug-likeness (QED) is 0.174. The molecule has 1 fully saturated rings.